The molecule has 1 N–H and O–H groups in total. The number of hydrogen-bond donors (Lipinski definition) is 1. The number of ether oxygens (including phenoxy) is 1. The van der Waals surface area contributed by atoms with Crippen molar-refractivity contribution >= 4 is 49.8 Å². The molecule has 8 heteroatoms. The van der Waals surface area contributed by atoms with E-state index in [0.29, 0.717) is 22.0 Å². The Morgan fingerprint density at radius 2 is 1.76 bits per heavy atom. The van der Waals surface area contributed by atoms with Crippen LogP contribution in [0.2, 0.25) is 0 Å². The summed E-state index contributed by atoms with van der Waals surface area (Å²) >= 11 is 1.35. The largest absolute Gasteiger partial charge is 0.507 e. The van der Waals surface area contributed by atoms with Gasteiger partial charge in [-0.15, -0.1) is 0 Å². The Labute approximate surface area is 219 Å². The molecule has 0 saturated carbocycles. The molecule has 1 atom stereocenters. The summed E-state index contributed by atoms with van der Waals surface area (Å²) in [6.45, 7) is 3.85. The minimum atomic E-state index is -0.833. The molecule has 188 valence electrons. The third kappa shape index (κ3) is 4.23. The van der Waals surface area contributed by atoms with E-state index in [4.69, 9.17) is 4.74 Å². The van der Waals surface area contributed by atoms with E-state index in [9.17, 15) is 14.7 Å². The number of methoxy groups -OCH3 is 1. The molecule has 0 spiro atoms. The fourth-order valence-electron chi connectivity index (χ4n) is 4.60. The van der Waals surface area contributed by atoms with Gasteiger partial charge in [-0.3, -0.25) is 14.5 Å². The molecule has 3 aromatic carbocycles. The van der Waals surface area contributed by atoms with Gasteiger partial charge in [-0.1, -0.05) is 29.5 Å². The molecule has 1 amide bonds. The van der Waals surface area contributed by atoms with Gasteiger partial charge in [-0.25, -0.2) is 4.98 Å². The molecule has 1 fully saturated rings. The van der Waals surface area contributed by atoms with Gasteiger partial charge in [-0.2, -0.15) is 0 Å². The minimum Gasteiger partial charge on any atom is -0.507 e. The van der Waals surface area contributed by atoms with Gasteiger partial charge in [0.25, 0.3) is 5.78 Å². The number of aliphatic hydroxyl groups is 1. The Hall–Kier alpha value is -4.17. The number of Topliss-reactive ketones (excluding diaryl/α,β-unsaturated/α-hetero) is 1. The second-order valence-electron chi connectivity index (χ2n) is 9.31. The average molecular weight is 514 g/mol. The lowest BCUT2D eigenvalue weighted by Crippen LogP contribution is -2.29. The molecule has 0 radical (unpaired) electrons. The van der Waals surface area contributed by atoms with Crippen LogP contribution in [0.5, 0.6) is 5.75 Å². The van der Waals surface area contributed by atoms with Crippen LogP contribution in [-0.4, -0.2) is 43.0 Å². The minimum absolute atomic E-state index is 0.0302. The van der Waals surface area contributed by atoms with Crippen molar-refractivity contribution in [1.29, 1.82) is 0 Å². The average Bonchev–Trinajstić information content (AvgIpc) is 3.41. The van der Waals surface area contributed by atoms with E-state index in [1.165, 1.54) is 16.2 Å². The number of anilines is 2. The molecule has 4 aromatic rings. The van der Waals surface area contributed by atoms with E-state index in [2.05, 4.69) is 4.98 Å². The lowest BCUT2D eigenvalue weighted by Gasteiger charge is -2.23. The number of thiazole rings is 1. The van der Waals surface area contributed by atoms with E-state index in [-0.39, 0.29) is 11.3 Å². The summed E-state index contributed by atoms with van der Waals surface area (Å²) in [5.74, 6) is -1.03. The highest BCUT2D eigenvalue weighted by molar-refractivity contribution is 7.22. The molecule has 37 heavy (non-hydrogen) atoms. The Morgan fingerprint density at radius 3 is 2.41 bits per heavy atom. The molecule has 1 saturated heterocycles. The second-order valence-corrected chi connectivity index (χ2v) is 10.3. The van der Waals surface area contributed by atoms with Gasteiger partial charge in [0, 0.05) is 25.3 Å². The maximum atomic E-state index is 13.5. The predicted octanol–water partition coefficient (Wildman–Crippen LogP) is 5.61. The van der Waals surface area contributed by atoms with Crippen molar-refractivity contribution in [1.82, 2.24) is 4.98 Å². The summed E-state index contributed by atoms with van der Waals surface area (Å²) in [4.78, 5) is 35.0. The number of benzene rings is 3. The number of ketones is 1. The molecule has 0 bridgehead atoms. The third-order valence-electron chi connectivity index (χ3n) is 6.58. The van der Waals surface area contributed by atoms with Crippen LogP contribution in [-0.2, 0) is 9.59 Å². The van der Waals surface area contributed by atoms with Crippen molar-refractivity contribution in [2.45, 2.75) is 19.9 Å². The molecule has 0 aliphatic carbocycles. The summed E-state index contributed by atoms with van der Waals surface area (Å²) in [6.07, 6.45) is 0. The van der Waals surface area contributed by atoms with Crippen molar-refractivity contribution in [3.63, 3.8) is 0 Å². The zero-order valence-electron chi connectivity index (χ0n) is 21.3. The quantitative estimate of drug-likeness (QED) is 0.212. The first-order valence-corrected chi connectivity index (χ1v) is 12.6. The number of fused-ring (bicyclic) bond motifs is 1. The van der Waals surface area contributed by atoms with Gasteiger partial charge in [0.15, 0.2) is 5.13 Å². The number of amides is 1. The van der Waals surface area contributed by atoms with Gasteiger partial charge in [0.1, 0.15) is 11.5 Å². The Kier molecular flexibility index (Phi) is 6.21. The van der Waals surface area contributed by atoms with Crippen LogP contribution >= 0.6 is 11.3 Å². The van der Waals surface area contributed by atoms with Crippen LogP contribution in [0.3, 0.4) is 0 Å². The summed E-state index contributed by atoms with van der Waals surface area (Å²) in [5.41, 5.74) is 4.77. The van der Waals surface area contributed by atoms with E-state index in [1.54, 1.807) is 25.3 Å². The zero-order chi connectivity index (χ0) is 26.4. The summed E-state index contributed by atoms with van der Waals surface area (Å²) < 4.78 is 6.26. The Bertz CT molecular complexity index is 1570. The van der Waals surface area contributed by atoms with Crippen molar-refractivity contribution in [2.75, 3.05) is 31.0 Å². The molecular formula is C29H27N3O4S. The van der Waals surface area contributed by atoms with Crippen molar-refractivity contribution in [3.05, 3.63) is 88.5 Å². The van der Waals surface area contributed by atoms with E-state index in [1.807, 2.05) is 75.3 Å². The van der Waals surface area contributed by atoms with Gasteiger partial charge < -0.3 is 14.7 Å². The fourth-order valence-corrected chi connectivity index (χ4v) is 5.69. The lowest BCUT2D eigenvalue weighted by atomic mass is 9.94. The first kappa shape index (κ1) is 24.5. The van der Waals surface area contributed by atoms with Crippen molar-refractivity contribution in [2.24, 2.45) is 0 Å². The van der Waals surface area contributed by atoms with Crippen LogP contribution in [0.15, 0.2) is 66.2 Å². The molecule has 7 nitrogen and oxygen atoms in total. The lowest BCUT2D eigenvalue weighted by molar-refractivity contribution is -0.132. The van der Waals surface area contributed by atoms with Crippen molar-refractivity contribution in [3.8, 4) is 5.75 Å². The topological polar surface area (TPSA) is 83.0 Å². The van der Waals surface area contributed by atoms with Crippen LogP contribution < -0.4 is 14.5 Å². The fraction of sp³-hybridized carbons (Fsp3) is 0.207. The number of aliphatic hydroxyl groups excluding tert-OH is 1. The molecule has 1 aromatic heterocycles. The van der Waals surface area contributed by atoms with Gasteiger partial charge in [-0.05, 0) is 73.0 Å². The number of rotatable bonds is 5. The number of nitrogens with zero attached hydrogens (tertiary/aromatic N) is 3. The molecule has 1 aliphatic heterocycles. The predicted molar refractivity (Wildman–Crippen MR) is 148 cm³/mol. The SMILES string of the molecule is COc1ccc(/C(O)=C2\C(=O)C(=O)N(c3nc4ccc(C)cc4s3)C2c2ccc(N(C)C)cc2)cc1C. The summed E-state index contributed by atoms with van der Waals surface area (Å²) in [5, 5.41) is 11.8. The number of aromatic nitrogens is 1. The first-order valence-electron chi connectivity index (χ1n) is 11.8. The van der Waals surface area contributed by atoms with Gasteiger partial charge in [0.2, 0.25) is 0 Å². The van der Waals surface area contributed by atoms with Crippen LogP contribution in [0.4, 0.5) is 10.8 Å². The number of aryl methyl sites for hydroxylation is 2. The normalized spacial score (nSPS) is 17.0. The molecular weight excluding hydrogens is 486 g/mol. The highest BCUT2D eigenvalue weighted by Crippen LogP contribution is 2.44. The smallest absolute Gasteiger partial charge is 0.301 e. The number of hydrogen-bond acceptors (Lipinski definition) is 7. The maximum absolute atomic E-state index is 13.5. The van der Waals surface area contributed by atoms with E-state index >= 15 is 0 Å². The maximum Gasteiger partial charge on any atom is 0.301 e. The second kappa shape index (κ2) is 9.37. The third-order valence-corrected chi connectivity index (χ3v) is 7.59. The van der Waals surface area contributed by atoms with E-state index < -0.39 is 17.7 Å². The summed E-state index contributed by atoms with van der Waals surface area (Å²) in [7, 11) is 5.46. The summed E-state index contributed by atoms with van der Waals surface area (Å²) in [6, 6.07) is 17.8. The number of carbonyl (C=O) groups excluding carboxylic acids is 2. The first-order chi connectivity index (χ1) is 17.7. The van der Waals surface area contributed by atoms with Gasteiger partial charge >= 0.3 is 5.91 Å². The van der Waals surface area contributed by atoms with E-state index in [0.717, 1.165) is 27.0 Å². The highest BCUT2D eigenvalue weighted by atomic mass is 32.1. The molecule has 2 heterocycles. The van der Waals surface area contributed by atoms with Crippen LogP contribution in [0, 0.1) is 13.8 Å². The highest BCUT2D eigenvalue weighted by Gasteiger charge is 2.48. The Morgan fingerprint density at radius 1 is 1.03 bits per heavy atom. The molecule has 1 aliphatic rings. The zero-order valence-corrected chi connectivity index (χ0v) is 22.1. The monoisotopic (exact) mass is 513 g/mol. The Balaban J connectivity index is 1.71. The molecule has 1 unspecified atom stereocenters. The number of carbonyl (C=O) groups is 2. The van der Waals surface area contributed by atoms with Crippen LogP contribution in [0.25, 0.3) is 16.0 Å². The van der Waals surface area contributed by atoms with Crippen molar-refractivity contribution < 1.29 is 19.4 Å². The standard InChI is InChI=1S/C29H27N3O4S/c1-16-6-12-21-23(14-16)37-29(30-21)32-25(18-7-10-20(11-8-18)31(3)4)24(27(34)28(32)35)26(33)19-9-13-22(36-5)17(2)15-19/h6-15,25,33H,1-5H3/b26-24+. The van der Waals surface area contributed by atoms with Crippen LogP contribution in [0.1, 0.15) is 28.3 Å². The van der Waals surface area contributed by atoms with Gasteiger partial charge in [0.05, 0.1) is 28.9 Å². The molecule has 5 rings (SSSR count).